The lowest BCUT2D eigenvalue weighted by Crippen LogP contribution is -2.60. The van der Waals surface area contributed by atoms with Crippen LogP contribution in [0.15, 0.2) is 41.4 Å². The number of ether oxygens (including phenoxy) is 1. The van der Waals surface area contributed by atoms with Crippen LogP contribution < -0.4 is 0 Å². The van der Waals surface area contributed by atoms with Gasteiger partial charge in [-0.2, -0.15) is 11.3 Å². The van der Waals surface area contributed by atoms with Crippen molar-refractivity contribution in [1.29, 1.82) is 0 Å². The molecule has 2 saturated heterocycles. The van der Waals surface area contributed by atoms with Crippen LogP contribution >= 0.6 is 11.3 Å². The first-order chi connectivity index (χ1) is 13.2. The number of pyridine rings is 1. The summed E-state index contributed by atoms with van der Waals surface area (Å²) in [5.74, 6) is 0.991. The minimum atomic E-state index is -0.772. The third-order valence-electron chi connectivity index (χ3n) is 6.09. The van der Waals surface area contributed by atoms with E-state index < -0.39 is 5.60 Å². The SMILES string of the molecule is O=C1N(Cc2ccsc2)CCO[C@]12CN(CC1CC1)C[C@H]2c1cccnc1. The summed E-state index contributed by atoms with van der Waals surface area (Å²) in [7, 11) is 0. The molecule has 0 unspecified atom stereocenters. The maximum absolute atomic E-state index is 13.7. The summed E-state index contributed by atoms with van der Waals surface area (Å²) in [6.07, 6.45) is 6.33. The van der Waals surface area contributed by atoms with Crippen molar-refractivity contribution in [3.05, 3.63) is 52.5 Å². The van der Waals surface area contributed by atoms with Crippen molar-refractivity contribution in [2.75, 3.05) is 32.8 Å². The molecule has 4 heterocycles. The average molecular weight is 384 g/mol. The van der Waals surface area contributed by atoms with E-state index in [9.17, 15) is 4.79 Å². The Balaban J connectivity index is 1.44. The summed E-state index contributed by atoms with van der Waals surface area (Å²) < 4.78 is 6.33. The Morgan fingerprint density at radius 1 is 1.33 bits per heavy atom. The number of hydrogen-bond acceptors (Lipinski definition) is 5. The van der Waals surface area contributed by atoms with Crippen molar-refractivity contribution in [3.8, 4) is 0 Å². The van der Waals surface area contributed by atoms with E-state index in [-0.39, 0.29) is 11.8 Å². The number of rotatable bonds is 5. The molecule has 1 saturated carbocycles. The largest absolute Gasteiger partial charge is 0.361 e. The van der Waals surface area contributed by atoms with Gasteiger partial charge in [0, 0.05) is 51.0 Å². The van der Waals surface area contributed by atoms with E-state index in [0.717, 1.165) is 24.6 Å². The molecule has 0 aromatic carbocycles. The predicted octanol–water partition coefficient (Wildman–Crippen LogP) is 2.75. The molecular formula is C21H25N3O2S. The number of thiophene rings is 1. The van der Waals surface area contributed by atoms with Gasteiger partial charge in [-0.25, -0.2) is 0 Å². The lowest BCUT2D eigenvalue weighted by Gasteiger charge is -2.42. The van der Waals surface area contributed by atoms with E-state index >= 15 is 0 Å². The lowest BCUT2D eigenvalue weighted by molar-refractivity contribution is -0.173. The summed E-state index contributed by atoms with van der Waals surface area (Å²) in [4.78, 5) is 22.4. The summed E-state index contributed by atoms with van der Waals surface area (Å²) in [5, 5.41) is 4.20. The van der Waals surface area contributed by atoms with Crippen LogP contribution in [-0.4, -0.2) is 59.1 Å². The van der Waals surface area contributed by atoms with Crippen LogP contribution in [0, 0.1) is 5.92 Å². The smallest absolute Gasteiger partial charge is 0.257 e. The van der Waals surface area contributed by atoms with Crippen molar-refractivity contribution in [3.63, 3.8) is 0 Å². The number of hydrogen-bond donors (Lipinski definition) is 0. The van der Waals surface area contributed by atoms with Gasteiger partial charge in [0.05, 0.1) is 6.61 Å². The third-order valence-corrected chi connectivity index (χ3v) is 6.82. The zero-order valence-electron chi connectivity index (χ0n) is 15.4. The van der Waals surface area contributed by atoms with E-state index in [1.807, 2.05) is 17.2 Å². The second-order valence-electron chi connectivity index (χ2n) is 8.07. The molecule has 2 atom stereocenters. The molecule has 142 valence electrons. The summed E-state index contributed by atoms with van der Waals surface area (Å²) >= 11 is 1.68. The highest BCUT2D eigenvalue weighted by Crippen LogP contribution is 2.43. The second kappa shape index (κ2) is 7.00. The van der Waals surface area contributed by atoms with Crippen LogP contribution in [0.25, 0.3) is 0 Å². The van der Waals surface area contributed by atoms with Crippen LogP contribution in [0.4, 0.5) is 0 Å². The van der Waals surface area contributed by atoms with Crippen molar-refractivity contribution in [2.45, 2.75) is 30.9 Å². The minimum Gasteiger partial charge on any atom is -0.361 e. The zero-order valence-corrected chi connectivity index (χ0v) is 16.2. The Morgan fingerprint density at radius 2 is 2.26 bits per heavy atom. The zero-order chi connectivity index (χ0) is 18.3. The van der Waals surface area contributed by atoms with Gasteiger partial charge in [-0.1, -0.05) is 6.07 Å². The first-order valence-electron chi connectivity index (χ1n) is 9.81. The van der Waals surface area contributed by atoms with Crippen molar-refractivity contribution in [2.24, 2.45) is 5.92 Å². The van der Waals surface area contributed by atoms with E-state index in [1.165, 1.54) is 18.4 Å². The number of nitrogens with zero attached hydrogens (tertiary/aromatic N) is 3. The molecule has 2 aromatic heterocycles. The van der Waals surface area contributed by atoms with Crippen LogP contribution in [0.3, 0.4) is 0 Å². The highest BCUT2D eigenvalue weighted by atomic mass is 32.1. The molecule has 1 amide bonds. The monoisotopic (exact) mass is 383 g/mol. The molecule has 5 nitrogen and oxygen atoms in total. The standard InChI is InChI=1S/C21H25N3O2S/c25-20-21(26-8-7-24(20)12-17-5-9-27-14-17)15-23(11-16-3-4-16)13-19(21)18-2-1-6-22-10-18/h1-2,5-6,9-10,14,16,19H,3-4,7-8,11-13,15H2/t19-,21-/m0/s1. The summed E-state index contributed by atoms with van der Waals surface area (Å²) in [6.45, 7) is 4.60. The Kier molecular flexibility index (Phi) is 4.50. The van der Waals surface area contributed by atoms with Gasteiger partial charge in [-0.15, -0.1) is 0 Å². The van der Waals surface area contributed by atoms with Gasteiger partial charge in [0.1, 0.15) is 0 Å². The molecule has 1 spiro atoms. The first-order valence-corrected chi connectivity index (χ1v) is 10.8. The fourth-order valence-corrected chi connectivity index (χ4v) is 5.22. The molecule has 2 aromatic rings. The maximum atomic E-state index is 13.7. The molecule has 5 rings (SSSR count). The molecule has 6 heteroatoms. The molecule has 0 radical (unpaired) electrons. The number of morpholine rings is 1. The van der Waals surface area contributed by atoms with Crippen LogP contribution in [0.5, 0.6) is 0 Å². The molecule has 3 fully saturated rings. The van der Waals surface area contributed by atoms with E-state index in [1.54, 1.807) is 17.5 Å². The number of aromatic nitrogens is 1. The molecule has 0 bridgehead atoms. The Labute approximate surface area is 164 Å². The van der Waals surface area contributed by atoms with Crippen LogP contribution in [0.2, 0.25) is 0 Å². The molecule has 2 aliphatic heterocycles. The molecular weight excluding hydrogens is 358 g/mol. The van der Waals surface area contributed by atoms with E-state index in [4.69, 9.17) is 4.74 Å². The third kappa shape index (κ3) is 3.30. The predicted molar refractivity (Wildman–Crippen MR) is 105 cm³/mol. The Hall–Kier alpha value is -1.76. The quantitative estimate of drug-likeness (QED) is 0.797. The topological polar surface area (TPSA) is 45.7 Å². The fraction of sp³-hybridized carbons (Fsp3) is 0.524. The number of carbonyl (C=O) groups excluding carboxylic acids is 1. The highest BCUT2D eigenvalue weighted by Gasteiger charge is 2.57. The maximum Gasteiger partial charge on any atom is 0.257 e. The van der Waals surface area contributed by atoms with Crippen molar-refractivity contribution >= 4 is 17.2 Å². The van der Waals surface area contributed by atoms with Crippen LogP contribution in [0.1, 0.15) is 29.9 Å². The number of likely N-dealkylation sites (tertiary alicyclic amines) is 1. The van der Waals surface area contributed by atoms with Crippen LogP contribution in [-0.2, 0) is 16.1 Å². The van der Waals surface area contributed by atoms with Gasteiger partial charge >= 0.3 is 0 Å². The van der Waals surface area contributed by atoms with Crippen molar-refractivity contribution < 1.29 is 9.53 Å². The Bertz CT molecular complexity index is 793. The molecule has 0 N–H and O–H groups in total. The van der Waals surface area contributed by atoms with Gasteiger partial charge in [-0.3, -0.25) is 14.7 Å². The number of amides is 1. The van der Waals surface area contributed by atoms with Gasteiger partial charge in [0.25, 0.3) is 5.91 Å². The van der Waals surface area contributed by atoms with E-state index in [2.05, 4.69) is 32.8 Å². The first kappa shape index (κ1) is 17.3. The molecule has 1 aliphatic carbocycles. The fourth-order valence-electron chi connectivity index (χ4n) is 4.56. The lowest BCUT2D eigenvalue weighted by atomic mass is 9.83. The minimum absolute atomic E-state index is 0.0442. The van der Waals surface area contributed by atoms with Gasteiger partial charge in [0.15, 0.2) is 5.60 Å². The van der Waals surface area contributed by atoms with E-state index in [0.29, 0.717) is 26.2 Å². The molecule has 3 aliphatic rings. The normalized spacial score (nSPS) is 29.0. The second-order valence-corrected chi connectivity index (χ2v) is 8.85. The highest BCUT2D eigenvalue weighted by molar-refractivity contribution is 7.07. The Morgan fingerprint density at radius 3 is 3.00 bits per heavy atom. The van der Waals surface area contributed by atoms with Crippen molar-refractivity contribution in [1.82, 2.24) is 14.8 Å². The van der Waals surface area contributed by atoms with Gasteiger partial charge in [0.2, 0.25) is 0 Å². The average Bonchev–Trinajstić information content (AvgIpc) is 3.21. The van der Waals surface area contributed by atoms with Gasteiger partial charge in [-0.05, 0) is 52.8 Å². The molecule has 27 heavy (non-hydrogen) atoms. The number of carbonyl (C=O) groups is 1. The summed E-state index contributed by atoms with van der Waals surface area (Å²) in [5.41, 5.74) is 1.55. The summed E-state index contributed by atoms with van der Waals surface area (Å²) in [6, 6.07) is 6.16. The van der Waals surface area contributed by atoms with Gasteiger partial charge < -0.3 is 9.64 Å².